The van der Waals surface area contributed by atoms with Crippen molar-refractivity contribution < 1.29 is 53.1 Å². The molecular formula is C32H76O12Si5. The molecule has 0 bridgehead atoms. The molecule has 0 aliphatic heterocycles. The first kappa shape index (κ1) is 49.6. The fourth-order valence-corrected chi connectivity index (χ4v) is 19.7. The van der Waals surface area contributed by atoms with Crippen molar-refractivity contribution in [2.75, 3.05) is 85.3 Å². The zero-order chi connectivity index (χ0) is 37.1. The summed E-state index contributed by atoms with van der Waals surface area (Å²) in [5.74, 6) is 0. The Balaban J connectivity index is 5.75. The molecule has 0 atom stereocenters. The molecule has 0 aromatic rings. The van der Waals surface area contributed by atoms with E-state index in [0.717, 1.165) is 75.5 Å². The van der Waals surface area contributed by atoms with Crippen molar-refractivity contribution in [1.29, 1.82) is 0 Å². The SMILES string of the molecule is CO[Si](CCCCC[Si](CCCCC[Si](OC)(OC)OC)(CCCCC[Si](OC)(OC)OC)CCCCC[Si](OC)(OC)OC)(OC)OC. The van der Waals surface area contributed by atoms with Crippen LogP contribution < -0.4 is 0 Å². The van der Waals surface area contributed by atoms with Crippen LogP contribution in [0.25, 0.3) is 0 Å². The van der Waals surface area contributed by atoms with Gasteiger partial charge in [-0.1, -0.05) is 75.5 Å². The average Bonchev–Trinajstić information content (AvgIpc) is 3.15. The Hall–Kier alpha value is 0.604. The van der Waals surface area contributed by atoms with Crippen LogP contribution in [-0.4, -0.2) is 129 Å². The molecule has 0 saturated heterocycles. The van der Waals surface area contributed by atoms with Gasteiger partial charge in [0.05, 0.1) is 8.07 Å². The van der Waals surface area contributed by atoms with Gasteiger partial charge in [-0.25, -0.2) is 0 Å². The summed E-state index contributed by atoms with van der Waals surface area (Å²) in [5, 5.41) is 0. The van der Waals surface area contributed by atoms with Gasteiger partial charge in [0, 0.05) is 109 Å². The second-order valence-corrected chi connectivity index (χ2v) is 30.3. The van der Waals surface area contributed by atoms with E-state index in [4.69, 9.17) is 53.1 Å². The normalized spacial score (nSPS) is 13.5. The highest BCUT2D eigenvalue weighted by molar-refractivity contribution is 6.79. The molecular weight excluding hydrogens is 717 g/mol. The molecule has 12 nitrogen and oxygen atoms in total. The van der Waals surface area contributed by atoms with Gasteiger partial charge in [0.2, 0.25) is 0 Å². The predicted octanol–water partition coefficient (Wildman–Crippen LogP) is 7.63. The van der Waals surface area contributed by atoms with E-state index in [2.05, 4.69) is 0 Å². The molecule has 17 heteroatoms. The zero-order valence-electron chi connectivity index (χ0n) is 33.5. The Labute approximate surface area is 306 Å². The number of rotatable bonds is 36. The smallest absolute Gasteiger partial charge is 0.377 e. The lowest BCUT2D eigenvalue weighted by Crippen LogP contribution is -2.42. The monoisotopic (exact) mass is 792 g/mol. The minimum absolute atomic E-state index is 0.851. The van der Waals surface area contributed by atoms with Crippen molar-refractivity contribution in [1.82, 2.24) is 0 Å². The Morgan fingerprint density at radius 1 is 0.204 bits per heavy atom. The summed E-state index contributed by atoms with van der Waals surface area (Å²) in [6, 6.07) is 8.80. The Morgan fingerprint density at radius 2 is 0.347 bits per heavy atom. The topological polar surface area (TPSA) is 111 Å². The molecule has 0 rings (SSSR count). The second kappa shape index (κ2) is 28.1. The summed E-state index contributed by atoms with van der Waals surface area (Å²) in [6.07, 6.45) is 13.8. The van der Waals surface area contributed by atoms with Crippen LogP contribution in [0.4, 0.5) is 0 Å². The summed E-state index contributed by atoms with van der Waals surface area (Å²) in [7, 11) is 8.60. The quantitative estimate of drug-likeness (QED) is 0.0460. The van der Waals surface area contributed by atoms with Crippen LogP contribution in [0.15, 0.2) is 0 Å². The first-order valence-electron chi connectivity index (χ1n) is 18.2. The molecule has 0 heterocycles. The lowest BCUT2D eigenvalue weighted by molar-refractivity contribution is 0.122. The van der Waals surface area contributed by atoms with E-state index in [1.807, 2.05) is 0 Å². The largest absolute Gasteiger partial charge is 0.500 e. The first-order chi connectivity index (χ1) is 23.6. The van der Waals surface area contributed by atoms with Crippen LogP contribution in [-0.2, 0) is 53.1 Å². The maximum Gasteiger partial charge on any atom is 0.500 e. The molecule has 0 N–H and O–H groups in total. The van der Waals surface area contributed by atoms with Crippen molar-refractivity contribution >= 4 is 43.3 Å². The third-order valence-corrected chi connectivity index (χ3v) is 27.5. The zero-order valence-corrected chi connectivity index (χ0v) is 38.5. The first-order valence-corrected chi connectivity index (χ1v) is 28.7. The molecule has 0 fully saturated rings. The lowest BCUT2D eigenvalue weighted by atomic mass is 10.3. The molecule has 0 saturated carbocycles. The van der Waals surface area contributed by atoms with Gasteiger partial charge in [-0.3, -0.25) is 0 Å². The molecule has 0 aromatic heterocycles. The minimum atomic E-state index is -2.55. The van der Waals surface area contributed by atoms with Gasteiger partial charge in [0.1, 0.15) is 0 Å². The van der Waals surface area contributed by atoms with E-state index in [1.165, 1.54) is 49.9 Å². The molecule has 296 valence electrons. The van der Waals surface area contributed by atoms with Crippen molar-refractivity contribution in [2.45, 2.75) is 125 Å². The highest BCUT2D eigenvalue weighted by Gasteiger charge is 2.40. The van der Waals surface area contributed by atoms with Crippen LogP contribution in [0.5, 0.6) is 0 Å². The number of hydrogen-bond donors (Lipinski definition) is 0. The maximum absolute atomic E-state index is 5.69. The van der Waals surface area contributed by atoms with E-state index >= 15 is 0 Å². The Morgan fingerprint density at radius 3 is 0.490 bits per heavy atom. The number of hydrogen-bond acceptors (Lipinski definition) is 12. The molecule has 0 aromatic carbocycles. The van der Waals surface area contributed by atoms with Crippen molar-refractivity contribution in [3.8, 4) is 0 Å². The second-order valence-electron chi connectivity index (χ2n) is 12.9. The molecule has 0 radical (unpaired) electrons. The minimum Gasteiger partial charge on any atom is -0.377 e. The molecule has 0 aliphatic rings. The van der Waals surface area contributed by atoms with Crippen molar-refractivity contribution in [2.24, 2.45) is 0 Å². The molecule has 0 aliphatic carbocycles. The van der Waals surface area contributed by atoms with E-state index in [9.17, 15) is 0 Å². The predicted molar refractivity (Wildman–Crippen MR) is 207 cm³/mol. The third kappa shape index (κ3) is 18.0. The van der Waals surface area contributed by atoms with Gasteiger partial charge in [-0.2, -0.15) is 0 Å². The fraction of sp³-hybridized carbons (Fsp3) is 1.00. The third-order valence-electron chi connectivity index (χ3n) is 10.5. The van der Waals surface area contributed by atoms with Gasteiger partial charge >= 0.3 is 35.2 Å². The van der Waals surface area contributed by atoms with Gasteiger partial charge in [0.15, 0.2) is 0 Å². The Bertz CT molecular complexity index is 614. The van der Waals surface area contributed by atoms with Crippen LogP contribution in [0.3, 0.4) is 0 Å². The van der Waals surface area contributed by atoms with Crippen LogP contribution in [0.2, 0.25) is 48.4 Å². The van der Waals surface area contributed by atoms with E-state index in [-0.39, 0.29) is 0 Å². The van der Waals surface area contributed by atoms with Crippen LogP contribution >= 0.6 is 0 Å². The average molecular weight is 793 g/mol. The summed E-state index contributed by atoms with van der Waals surface area (Å²) in [4.78, 5) is 0. The summed E-state index contributed by atoms with van der Waals surface area (Å²) in [5.41, 5.74) is 0. The molecule has 0 spiro atoms. The van der Waals surface area contributed by atoms with Crippen molar-refractivity contribution in [3.05, 3.63) is 0 Å². The molecule has 0 amide bonds. The highest BCUT2D eigenvalue weighted by atomic mass is 28.4. The van der Waals surface area contributed by atoms with Gasteiger partial charge in [-0.05, 0) is 25.7 Å². The van der Waals surface area contributed by atoms with Gasteiger partial charge in [-0.15, -0.1) is 0 Å². The van der Waals surface area contributed by atoms with Crippen molar-refractivity contribution in [3.63, 3.8) is 0 Å². The standard InChI is InChI=1S/C32H76O12Si5/c1-33-46(34-2,35-3)29-21-13-17-25-45(26-18-14-22-30-47(36-4,37-5)38-6,27-19-15-23-31-48(39-7,40-8)41-9)28-20-16-24-32-49(42-10,43-11)44-12/h13-32H2,1-12H3. The highest BCUT2D eigenvalue weighted by Crippen LogP contribution is 2.36. The fourth-order valence-electron chi connectivity index (χ4n) is 7.05. The van der Waals surface area contributed by atoms with Gasteiger partial charge in [0.25, 0.3) is 0 Å². The van der Waals surface area contributed by atoms with Crippen LogP contribution in [0.1, 0.15) is 77.0 Å². The summed E-state index contributed by atoms with van der Waals surface area (Å²) >= 11 is 0. The van der Waals surface area contributed by atoms with Crippen LogP contribution in [0, 0.1) is 0 Å². The van der Waals surface area contributed by atoms with E-state index in [0.29, 0.717) is 0 Å². The molecule has 49 heavy (non-hydrogen) atoms. The summed E-state index contributed by atoms with van der Waals surface area (Å²) in [6.45, 7) is 0. The van der Waals surface area contributed by atoms with Gasteiger partial charge < -0.3 is 53.1 Å². The van der Waals surface area contributed by atoms with E-state index in [1.54, 1.807) is 85.3 Å². The molecule has 0 unspecified atom stereocenters. The summed E-state index contributed by atoms with van der Waals surface area (Å²) < 4.78 is 68.3. The Kier molecular flexibility index (Phi) is 28.5. The van der Waals surface area contributed by atoms with E-state index < -0.39 is 43.3 Å². The maximum atomic E-state index is 5.69. The lowest BCUT2D eigenvalue weighted by Gasteiger charge is -2.33. The number of unbranched alkanes of at least 4 members (excludes halogenated alkanes) is 8.